The second kappa shape index (κ2) is 6.37. The Morgan fingerprint density at radius 3 is 2.58 bits per heavy atom. The molecule has 0 aliphatic rings. The van der Waals surface area contributed by atoms with Crippen molar-refractivity contribution >= 4 is 40.4 Å². The summed E-state index contributed by atoms with van der Waals surface area (Å²) in [5.74, 6) is -0.184. The Morgan fingerprint density at radius 1 is 1.32 bits per heavy atom. The van der Waals surface area contributed by atoms with Crippen molar-refractivity contribution in [3.05, 3.63) is 49.9 Å². The smallest absolute Gasteiger partial charge is 0.251 e. The number of rotatable bonds is 4. The van der Waals surface area contributed by atoms with Gasteiger partial charge in [-0.25, -0.2) is 4.98 Å². The zero-order valence-electron chi connectivity index (χ0n) is 10.2. The molecule has 1 N–H and O–H groups in total. The van der Waals surface area contributed by atoms with E-state index in [9.17, 15) is 4.79 Å². The van der Waals surface area contributed by atoms with E-state index in [1.807, 2.05) is 12.3 Å². The maximum atomic E-state index is 11.9. The summed E-state index contributed by atoms with van der Waals surface area (Å²) in [6.45, 7) is 2.49. The van der Waals surface area contributed by atoms with Crippen LogP contribution in [0.1, 0.15) is 21.1 Å². The number of halogens is 2. The van der Waals surface area contributed by atoms with Gasteiger partial charge >= 0.3 is 0 Å². The van der Waals surface area contributed by atoms with Gasteiger partial charge in [0.25, 0.3) is 5.91 Å². The Hall–Kier alpha value is -1.10. The number of nitrogens with one attached hydrogen (secondary N) is 1. The van der Waals surface area contributed by atoms with Gasteiger partial charge in [-0.05, 0) is 25.1 Å². The number of benzene rings is 1. The van der Waals surface area contributed by atoms with Crippen LogP contribution in [0.4, 0.5) is 0 Å². The number of carbonyl (C=O) groups excluding carboxylic acids is 1. The third-order valence-corrected chi connectivity index (χ3v) is 3.72. The monoisotopic (exact) mass is 314 g/mol. The van der Waals surface area contributed by atoms with Crippen molar-refractivity contribution in [2.75, 3.05) is 6.54 Å². The molecule has 19 heavy (non-hydrogen) atoms. The first-order valence-corrected chi connectivity index (χ1v) is 7.33. The highest BCUT2D eigenvalue weighted by molar-refractivity contribution is 7.09. The molecule has 3 nitrogen and oxygen atoms in total. The van der Waals surface area contributed by atoms with Crippen molar-refractivity contribution < 1.29 is 4.79 Å². The third kappa shape index (κ3) is 4.20. The van der Waals surface area contributed by atoms with E-state index in [0.717, 1.165) is 10.7 Å². The topological polar surface area (TPSA) is 42.0 Å². The van der Waals surface area contributed by atoms with Gasteiger partial charge in [0, 0.05) is 34.0 Å². The first-order chi connectivity index (χ1) is 9.04. The molecule has 1 aromatic heterocycles. The van der Waals surface area contributed by atoms with Crippen molar-refractivity contribution in [3.63, 3.8) is 0 Å². The van der Waals surface area contributed by atoms with Crippen molar-refractivity contribution in [1.29, 1.82) is 0 Å². The summed E-state index contributed by atoms with van der Waals surface area (Å²) in [6.07, 6.45) is 0.713. The predicted octanol–water partition coefficient (Wildman–Crippen LogP) is 3.73. The van der Waals surface area contributed by atoms with Crippen LogP contribution in [0.2, 0.25) is 10.0 Å². The first kappa shape index (κ1) is 14.3. The molecule has 0 fully saturated rings. The Balaban J connectivity index is 1.90. The van der Waals surface area contributed by atoms with Crippen LogP contribution in [0.5, 0.6) is 0 Å². The van der Waals surface area contributed by atoms with Gasteiger partial charge in [-0.1, -0.05) is 23.2 Å². The van der Waals surface area contributed by atoms with E-state index in [1.54, 1.807) is 29.5 Å². The zero-order chi connectivity index (χ0) is 13.8. The lowest BCUT2D eigenvalue weighted by Gasteiger charge is -2.05. The lowest BCUT2D eigenvalue weighted by molar-refractivity contribution is 0.0954. The minimum absolute atomic E-state index is 0.184. The van der Waals surface area contributed by atoms with Crippen molar-refractivity contribution in [3.8, 4) is 0 Å². The first-order valence-electron chi connectivity index (χ1n) is 5.70. The molecule has 0 radical (unpaired) electrons. The Labute approximate surface area is 125 Å². The molecule has 2 rings (SSSR count). The second-order valence-corrected chi connectivity index (χ2v) is 5.96. The minimum atomic E-state index is -0.184. The molecule has 100 valence electrons. The molecule has 1 amide bonds. The Morgan fingerprint density at radius 2 is 2.00 bits per heavy atom. The average Bonchev–Trinajstić information content (AvgIpc) is 2.73. The molecule has 0 saturated heterocycles. The number of carbonyl (C=O) groups is 1. The number of aryl methyl sites for hydroxylation is 1. The highest BCUT2D eigenvalue weighted by atomic mass is 35.5. The van der Waals surface area contributed by atoms with Gasteiger partial charge in [0.15, 0.2) is 0 Å². The molecule has 0 aliphatic carbocycles. The number of amides is 1. The standard InChI is InChI=1S/C13H12Cl2N2OS/c1-8-17-12(7-19-8)2-3-16-13(18)9-4-10(14)6-11(15)5-9/h4-7H,2-3H2,1H3,(H,16,18). The van der Waals surface area contributed by atoms with Crippen LogP contribution in [0, 0.1) is 6.92 Å². The number of thiazole rings is 1. The third-order valence-electron chi connectivity index (χ3n) is 2.46. The number of hydrogen-bond donors (Lipinski definition) is 1. The molecule has 0 bridgehead atoms. The summed E-state index contributed by atoms with van der Waals surface area (Å²) in [6, 6.07) is 4.78. The van der Waals surface area contributed by atoms with Crippen LogP contribution in [0.25, 0.3) is 0 Å². The fourth-order valence-corrected chi connectivity index (χ4v) is 2.79. The molecule has 0 unspecified atom stereocenters. The molecule has 2 aromatic rings. The van der Waals surface area contributed by atoms with Crippen LogP contribution < -0.4 is 5.32 Å². The fraction of sp³-hybridized carbons (Fsp3) is 0.231. The van der Waals surface area contributed by atoms with E-state index in [-0.39, 0.29) is 5.91 Å². The highest BCUT2D eigenvalue weighted by Crippen LogP contribution is 2.18. The van der Waals surface area contributed by atoms with Crippen LogP contribution in [-0.2, 0) is 6.42 Å². The van der Waals surface area contributed by atoms with Crippen molar-refractivity contribution in [1.82, 2.24) is 10.3 Å². The molecule has 6 heteroatoms. The van der Waals surface area contributed by atoms with Gasteiger partial charge in [-0.3, -0.25) is 4.79 Å². The molecule has 0 saturated carbocycles. The molecule has 0 aliphatic heterocycles. The quantitative estimate of drug-likeness (QED) is 0.934. The second-order valence-electron chi connectivity index (χ2n) is 4.02. The molecule has 0 spiro atoms. The summed E-state index contributed by atoms with van der Waals surface area (Å²) in [7, 11) is 0. The summed E-state index contributed by atoms with van der Waals surface area (Å²) in [5.41, 5.74) is 1.46. The van der Waals surface area contributed by atoms with Gasteiger partial charge in [0.05, 0.1) is 10.7 Å². The maximum Gasteiger partial charge on any atom is 0.251 e. The van der Waals surface area contributed by atoms with E-state index >= 15 is 0 Å². The number of nitrogens with zero attached hydrogens (tertiary/aromatic N) is 1. The summed E-state index contributed by atoms with van der Waals surface area (Å²) >= 11 is 13.3. The highest BCUT2D eigenvalue weighted by Gasteiger charge is 2.07. The van der Waals surface area contributed by atoms with Gasteiger partial charge in [-0.15, -0.1) is 11.3 Å². The summed E-state index contributed by atoms with van der Waals surface area (Å²) < 4.78 is 0. The SMILES string of the molecule is Cc1nc(CCNC(=O)c2cc(Cl)cc(Cl)c2)cs1. The van der Waals surface area contributed by atoms with E-state index in [1.165, 1.54) is 0 Å². The fourth-order valence-electron chi connectivity index (χ4n) is 1.61. The van der Waals surface area contributed by atoms with Crippen LogP contribution >= 0.6 is 34.5 Å². The zero-order valence-corrected chi connectivity index (χ0v) is 12.6. The summed E-state index contributed by atoms with van der Waals surface area (Å²) in [5, 5.41) is 6.75. The van der Waals surface area contributed by atoms with Gasteiger partial charge in [0.1, 0.15) is 0 Å². The van der Waals surface area contributed by atoms with Crippen molar-refractivity contribution in [2.45, 2.75) is 13.3 Å². The van der Waals surface area contributed by atoms with E-state index < -0.39 is 0 Å². The normalized spacial score (nSPS) is 10.5. The molecule has 0 atom stereocenters. The van der Waals surface area contributed by atoms with Crippen molar-refractivity contribution in [2.24, 2.45) is 0 Å². The molecule has 1 aromatic carbocycles. The summed E-state index contributed by atoms with van der Waals surface area (Å²) in [4.78, 5) is 16.2. The maximum absolute atomic E-state index is 11.9. The molecule has 1 heterocycles. The Bertz CT molecular complexity index is 578. The van der Waals surface area contributed by atoms with E-state index in [4.69, 9.17) is 23.2 Å². The van der Waals surface area contributed by atoms with E-state index in [0.29, 0.717) is 28.6 Å². The van der Waals surface area contributed by atoms with E-state index in [2.05, 4.69) is 10.3 Å². The molecular formula is C13H12Cl2N2OS. The van der Waals surface area contributed by atoms with Crippen LogP contribution in [-0.4, -0.2) is 17.4 Å². The number of hydrogen-bond acceptors (Lipinski definition) is 3. The Kier molecular flexibility index (Phi) is 4.80. The van der Waals surface area contributed by atoms with Gasteiger partial charge in [-0.2, -0.15) is 0 Å². The van der Waals surface area contributed by atoms with Gasteiger partial charge in [0.2, 0.25) is 0 Å². The molecular weight excluding hydrogens is 303 g/mol. The average molecular weight is 315 g/mol. The predicted molar refractivity (Wildman–Crippen MR) is 79.4 cm³/mol. The minimum Gasteiger partial charge on any atom is -0.352 e. The lowest BCUT2D eigenvalue weighted by Crippen LogP contribution is -2.25. The lowest BCUT2D eigenvalue weighted by atomic mass is 10.2. The number of aromatic nitrogens is 1. The van der Waals surface area contributed by atoms with Crippen LogP contribution in [0.3, 0.4) is 0 Å². The van der Waals surface area contributed by atoms with Gasteiger partial charge < -0.3 is 5.32 Å². The van der Waals surface area contributed by atoms with Crippen LogP contribution in [0.15, 0.2) is 23.6 Å². The largest absolute Gasteiger partial charge is 0.352 e.